The quantitative estimate of drug-likeness (QED) is 0.602. The second-order valence-electron chi connectivity index (χ2n) is 3.25. The molecule has 12 heavy (non-hydrogen) atoms. The standard InChI is InChI=1S/C9H14O3/c1-6(2)7(3)11-9-5-4-8(10)12-9/h4-7,9H,1-3H3. The van der Waals surface area contributed by atoms with Gasteiger partial charge in [0, 0.05) is 6.08 Å². The van der Waals surface area contributed by atoms with E-state index in [0.717, 1.165) is 0 Å². The van der Waals surface area contributed by atoms with Gasteiger partial charge in [0.2, 0.25) is 6.29 Å². The maximum absolute atomic E-state index is 10.6. The van der Waals surface area contributed by atoms with Crippen LogP contribution >= 0.6 is 0 Å². The van der Waals surface area contributed by atoms with Crippen LogP contribution in [-0.2, 0) is 14.3 Å². The second kappa shape index (κ2) is 3.72. The van der Waals surface area contributed by atoms with E-state index in [4.69, 9.17) is 9.47 Å². The summed E-state index contributed by atoms with van der Waals surface area (Å²) in [5, 5.41) is 0. The SMILES string of the molecule is CC(C)C(C)OC1C=CC(=O)O1. The number of carbonyl (C=O) groups excluding carboxylic acids is 1. The molecule has 0 fully saturated rings. The lowest BCUT2D eigenvalue weighted by molar-refractivity contribution is -0.168. The summed E-state index contributed by atoms with van der Waals surface area (Å²) in [4.78, 5) is 10.6. The molecule has 1 rings (SSSR count). The molecular formula is C9H14O3. The van der Waals surface area contributed by atoms with E-state index >= 15 is 0 Å². The fourth-order valence-electron chi connectivity index (χ4n) is 0.792. The van der Waals surface area contributed by atoms with Crippen molar-refractivity contribution in [1.82, 2.24) is 0 Å². The van der Waals surface area contributed by atoms with Crippen LogP contribution in [0.3, 0.4) is 0 Å². The third kappa shape index (κ3) is 2.34. The van der Waals surface area contributed by atoms with E-state index in [-0.39, 0.29) is 12.1 Å². The zero-order chi connectivity index (χ0) is 9.14. The minimum atomic E-state index is -0.477. The summed E-state index contributed by atoms with van der Waals surface area (Å²) in [7, 11) is 0. The molecular weight excluding hydrogens is 156 g/mol. The van der Waals surface area contributed by atoms with E-state index in [1.54, 1.807) is 6.08 Å². The highest BCUT2D eigenvalue weighted by molar-refractivity contribution is 5.84. The summed E-state index contributed by atoms with van der Waals surface area (Å²) in [5.41, 5.74) is 0. The van der Waals surface area contributed by atoms with Gasteiger partial charge < -0.3 is 9.47 Å². The highest BCUT2D eigenvalue weighted by Gasteiger charge is 2.20. The molecule has 0 aromatic carbocycles. The van der Waals surface area contributed by atoms with Gasteiger partial charge in [-0.2, -0.15) is 0 Å². The van der Waals surface area contributed by atoms with E-state index in [1.807, 2.05) is 6.92 Å². The zero-order valence-electron chi connectivity index (χ0n) is 7.61. The lowest BCUT2D eigenvalue weighted by Crippen LogP contribution is -2.23. The van der Waals surface area contributed by atoms with Crippen LogP contribution in [0.25, 0.3) is 0 Å². The Morgan fingerprint density at radius 2 is 2.17 bits per heavy atom. The Morgan fingerprint density at radius 1 is 1.50 bits per heavy atom. The molecule has 2 atom stereocenters. The second-order valence-corrected chi connectivity index (χ2v) is 3.25. The lowest BCUT2D eigenvalue weighted by atomic mass is 10.1. The zero-order valence-corrected chi connectivity index (χ0v) is 7.61. The Bertz CT molecular complexity index is 196. The van der Waals surface area contributed by atoms with Crippen molar-refractivity contribution in [3.8, 4) is 0 Å². The minimum absolute atomic E-state index is 0.102. The molecule has 0 aliphatic carbocycles. The summed E-state index contributed by atoms with van der Waals surface area (Å²) < 4.78 is 10.2. The molecule has 68 valence electrons. The van der Waals surface area contributed by atoms with Crippen LogP contribution in [-0.4, -0.2) is 18.4 Å². The Labute approximate surface area is 72.4 Å². The molecule has 0 bridgehead atoms. The first-order valence-electron chi connectivity index (χ1n) is 4.14. The molecule has 2 unspecified atom stereocenters. The summed E-state index contributed by atoms with van der Waals surface area (Å²) >= 11 is 0. The van der Waals surface area contributed by atoms with Crippen molar-refractivity contribution in [1.29, 1.82) is 0 Å². The van der Waals surface area contributed by atoms with Crippen molar-refractivity contribution in [2.45, 2.75) is 33.2 Å². The van der Waals surface area contributed by atoms with Crippen LogP contribution in [0.2, 0.25) is 0 Å². The third-order valence-electron chi connectivity index (χ3n) is 1.91. The number of esters is 1. The van der Waals surface area contributed by atoms with Gasteiger partial charge >= 0.3 is 5.97 Å². The Morgan fingerprint density at radius 3 is 2.58 bits per heavy atom. The molecule has 0 amide bonds. The minimum Gasteiger partial charge on any atom is -0.429 e. The normalized spacial score (nSPS) is 24.7. The maximum atomic E-state index is 10.6. The number of hydrogen-bond donors (Lipinski definition) is 0. The monoisotopic (exact) mass is 170 g/mol. The fraction of sp³-hybridized carbons (Fsp3) is 0.667. The molecule has 0 radical (unpaired) electrons. The molecule has 3 heteroatoms. The van der Waals surface area contributed by atoms with Crippen molar-refractivity contribution in [3.63, 3.8) is 0 Å². The number of cyclic esters (lactones) is 1. The largest absolute Gasteiger partial charge is 0.429 e. The highest BCUT2D eigenvalue weighted by atomic mass is 16.7. The molecule has 3 nitrogen and oxygen atoms in total. The van der Waals surface area contributed by atoms with E-state index in [0.29, 0.717) is 5.92 Å². The summed E-state index contributed by atoms with van der Waals surface area (Å²) in [6, 6.07) is 0. The summed E-state index contributed by atoms with van der Waals surface area (Å²) in [6.07, 6.45) is 2.64. The Hall–Kier alpha value is -0.830. The summed E-state index contributed by atoms with van der Waals surface area (Å²) in [6.45, 7) is 6.08. The van der Waals surface area contributed by atoms with Crippen LogP contribution in [0, 0.1) is 5.92 Å². The van der Waals surface area contributed by atoms with Gasteiger partial charge in [-0.1, -0.05) is 13.8 Å². The van der Waals surface area contributed by atoms with Crippen LogP contribution in [0.15, 0.2) is 12.2 Å². The highest BCUT2D eigenvalue weighted by Crippen LogP contribution is 2.13. The lowest BCUT2D eigenvalue weighted by Gasteiger charge is -2.19. The maximum Gasteiger partial charge on any atom is 0.333 e. The first-order chi connectivity index (χ1) is 5.59. The molecule has 0 aromatic rings. The average Bonchev–Trinajstić information content (AvgIpc) is 2.35. The molecule has 1 heterocycles. The average molecular weight is 170 g/mol. The number of carbonyl (C=O) groups is 1. The van der Waals surface area contributed by atoms with E-state index in [1.165, 1.54) is 6.08 Å². The molecule has 0 aromatic heterocycles. The Kier molecular flexibility index (Phi) is 2.87. The van der Waals surface area contributed by atoms with Gasteiger partial charge in [0.1, 0.15) is 0 Å². The number of rotatable bonds is 3. The van der Waals surface area contributed by atoms with Crippen molar-refractivity contribution in [2.24, 2.45) is 5.92 Å². The molecule has 0 saturated carbocycles. The van der Waals surface area contributed by atoms with Crippen molar-refractivity contribution >= 4 is 5.97 Å². The predicted octanol–water partition coefficient (Wildman–Crippen LogP) is 1.49. The fourth-order valence-corrected chi connectivity index (χ4v) is 0.792. The van der Waals surface area contributed by atoms with Crippen LogP contribution < -0.4 is 0 Å². The van der Waals surface area contributed by atoms with Crippen molar-refractivity contribution < 1.29 is 14.3 Å². The molecule has 0 saturated heterocycles. The first kappa shape index (κ1) is 9.26. The molecule has 0 N–H and O–H groups in total. The van der Waals surface area contributed by atoms with Gasteiger partial charge in [0.05, 0.1) is 6.10 Å². The topological polar surface area (TPSA) is 35.5 Å². The van der Waals surface area contributed by atoms with Gasteiger partial charge in [-0.25, -0.2) is 4.79 Å². The van der Waals surface area contributed by atoms with E-state index in [2.05, 4.69) is 13.8 Å². The predicted molar refractivity (Wildman–Crippen MR) is 44.4 cm³/mol. The first-order valence-corrected chi connectivity index (χ1v) is 4.14. The Balaban J connectivity index is 2.33. The summed E-state index contributed by atoms with van der Waals surface area (Å²) in [5.74, 6) is 0.105. The van der Waals surface area contributed by atoms with Crippen LogP contribution in [0.4, 0.5) is 0 Å². The smallest absolute Gasteiger partial charge is 0.333 e. The van der Waals surface area contributed by atoms with Gasteiger partial charge in [-0.05, 0) is 18.9 Å². The van der Waals surface area contributed by atoms with Gasteiger partial charge in [0.15, 0.2) is 0 Å². The van der Waals surface area contributed by atoms with Gasteiger partial charge in [-0.3, -0.25) is 0 Å². The molecule has 1 aliphatic heterocycles. The van der Waals surface area contributed by atoms with Crippen LogP contribution in [0.1, 0.15) is 20.8 Å². The molecule has 0 spiro atoms. The van der Waals surface area contributed by atoms with Crippen molar-refractivity contribution in [2.75, 3.05) is 0 Å². The van der Waals surface area contributed by atoms with Crippen LogP contribution in [0.5, 0.6) is 0 Å². The number of hydrogen-bond acceptors (Lipinski definition) is 3. The molecule has 1 aliphatic rings. The van der Waals surface area contributed by atoms with Gasteiger partial charge in [0.25, 0.3) is 0 Å². The van der Waals surface area contributed by atoms with E-state index < -0.39 is 6.29 Å². The number of ether oxygens (including phenoxy) is 2. The van der Waals surface area contributed by atoms with Crippen molar-refractivity contribution in [3.05, 3.63) is 12.2 Å². The van der Waals surface area contributed by atoms with E-state index in [9.17, 15) is 4.79 Å². The van der Waals surface area contributed by atoms with Gasteiger partial charge in [-0.15, -0.1) is 0 Å². The third-order valence-corrected chi connectivity index (χ3v) is 1.91.